The van der Waals surface area contributed by atoms with Crippen molar-refractivity contribution in [3.8, 4) is 0 Å². The molecule has 1 aliphatic heterocycles. The predicted octanol–water partition coefficient (Wildman–Crippen LogP) is 1.76. The minimum absolute atomic E-state index is 0.127. The van der Waals surface area contributed by atoms with Gasteiger partial charge in [0, 0.05) is 13.1 Å². The number of sulfonamides is 1. The van der Waals surface area contributed by atoms with Gasteiger partial charge in [0.15, 0.2) is 0 Å². The first-order valence-corrected chi connectivity index (χ1v) is 10.2. The molecule has 2 aromatic rings. The summed E-state index contributed by atoms with van der Waals surface area (Å²) in [5, 5.41) is 2.84. The molecule has 1 aromatic heterocycles. The van der Waals surface area contributed by atoms with Gasteiger partial charge in [-0.05, 0) is 31.4 Å². The second-order valence-electron chi connectivity index (χ2n) is 5.81. The molecule has 0 radical (unpaired) electrons. The monoisotopic (exact) mass is 368 g/mol. The number of fused-ring (bicyclic) bond motifs is 1. The van der Waals surface area contributed by atoms with Crippen LogP contribution in [-0.2, 0) is 14.8 Å². The summed E-state index contributed by atoms with van der Waals surface area (Å²) in [4.78, 5) is 12.5. The lowest BCUT2D eigenvalue weighted by Crippen LogP contribution is -2.46. The van der Waals surface area contributed by atoms with Gasteiger partial charge in [0.25, 0.3) is 0 Å². The maximum Gasteiger partial charge on any atom is 0.246 e. The molecule has 24 heavy (non-hydrogen) atoms. The molecule has 0 aliphatic carbocycles. The summed E-state index contributed by atoms with van der Waals surface area (Å²) < 4.78 is 35.7. The fraction of sp³-hybridized carbons (Fsp3) is 0.533. The molecule has 7 nitrogen and oxygen atoms in total. The Bertz CT molecular complexity index is 834. The molecule has 0 bridgehead atoms. The summed E-state index contributed by atoms with van der Waals surface area (Å²) in [7, 11) is -3.78. The number of benzene rings is 1. The van der Waals surface area contributed by atoms with E-state index in [-0.39, 0.29) is 10.8 Å². The number of unbranched alkanes of at least 4 members (excludes halogenated alkanes) is 1. The second kappa shape index (κ2) is 7.12. The van der Waals surface area contributed by atoms with E-state index in [1.807, 2.05) is 6.92 Å². The fourth-order valence-electron chi connectivity index (χ4n) is 2.91. The lowest BCUT2D eigenvalue weighted by atomic mass is 10.2. The van der Waals surface area contributed by atoms with Crippen molar-refractivity contribution < 1.29 is 13.2 Å². The molecule has 1 amide bonds. The van der Waals surface area contributed by atoms with Gasteiger partial charge in [0.2, 0.25) is 15.9 Å². The van der Waals surface area contributed by atoms with Gasteiger partial charge < -0.3 is 5.32 Å². The maximum absolute atomic E-state index is 13.1. The van der Waals surface area contributed by atoms with Crippen LogP contribution in [0, 0.1) is 0 Å². The summed E-state index contributed by atoms with van der Waals surface area (Å²) in [5.74, 6) is -0.215. The minimum Gasteiger partial charge on any atom is -0.355 e. The van der Waals surface area contributed by atoms with Crippen molar-refractivity contribution in [3.63, 3.8) is 0 Å². The number of carbonyl (C=O) groups excluding carboxylic acids is 1. The van der Waals surface area contributed by atoms with Gasteiger partial charge in [0.05, 0.1) is 11.7 Å². The molecule has 1 atom stereocenters. The summed E-state index contributed by atoms with van der Waals surface area (Å²) in [6.45, 7) is 2.97. The van der Waals surface area contributed by atoms with Gasteiger partial charge in [-0.1, -0.05) is 19.4 Å². The van der Waals surface area contributed by atoms with Crippen molar-refractivity contribution in [1.82, 2.24) is 18.4 Å². The van der Waals surface area contributed by atoms with Crippen LogP contribution in [0.1, 0.15) is 32.6 Å². The highest BCUT2D eigenvalue weighted by Gasteiger charge is 2.40. The number of carbonyl (C=O) groups is 1. The van der Waals surface area contributed by atoms with Gasteiger partial charge in [0.1, 0.15) is 22.0 Å². The van der Waals surface area contributed by atoms with Crippen LogP contribution < -0.4 is 5.32 Å². The van der Waals surface area contributed by atoms with Gasteiger partial charge in [-0.15, -0.1) is 0 Å². The number of nitrogens with zero attached hydrogens (tertiary/aromatic N) is 3. The highest BCUT2D eigenvalue weighted by Crippen LogP contribution is 2.29. The first-order valence-electron chi connectivity index (χ1n) is 8.06. The molecule has 1 saturated heterocycles. The molecule has 0 saturated carbocycles. The molecule has 130 valence electrons. The zero-order valence-electron chi connectivity index (χ0n) is 13.4. The molecule has 1 fully saturated rings. The van der Waals surface area contributed by atoms with E-state index in [1.54, 1.807) is 12.1 Å². The van der Waals surface area contributed by atoms with Gasteiger partial charge in [-0.3, -0.25) is 4.79 Å². The fourth-order valence-corrected chi connectivity index (χ4v) is 5.32. The highest BCUT2D eigenvalue weighted by molar-refractivity contribution is 7.89. The largest absolute Gasteiger partial charge is 0.355 e. The number of hydrogen-bond acceptors (Lipinski definition) is 6. The molecule has 1 aromatic carbocycles. The summed E-state index contributed by atoms with van der Waals surface area (Å²) in [6.07, 6.45) is 3.08. The van der Waals surface area contributed by atoms with Crippen LogP contribution in [0.5, 0.6) is 0 Å². The molecule has 1 aliphatic rings. The molecule has 9 heteroatoms. The quantitative estimate of drug-likeness (QED) is 0.785. The Kier molecular flexibility index (Phi) is 5.12. The van der Waals surface area contributed by atoms with E-state index in [0.717, 1.165) is 24.6 Å². The summed E-state index contributed by atoms with van der Waals surface area (Å²) in [5.41, 5.74) is 0.934. The third-order valence-electron chi connectivity index (χ3n) is 4.17. The molecule has 1 N–H and O–H groups in total. The van der Waals surface area contributed by atoms with E-state index in [1.165, 1.54) is 10.4 Å². The normalized spacial score (nSPS) is 19.0. The van der Waals surface area contributed by atoms with E-state index in [0.29, 0.717) is 37.0 Å². The zero-order chi connectivity index (χ0) is 17.2. The van der Waals surface area contributed by atoms with Gasteiger partial charge >= 0.3 is 0 Å². The van der Waals surface area contributed by atoms with Crippen LogP contribution in [0.3, 0.4) is 0 Å². The number of rotatable bonds is 6. The van der Waals surface area contributed by atoms with Crippen LogP contribution in [0.4, 0.5) is 0 Å². The summed E-state index contributed by atoms with van der Waals surface area (Å²) in [6, 6.07) is 4.28. The third-order valence-corrected chi connectivity index (χ3v) is 6.65. The maximum atomic E-state index is 13.1. The Morgan fingerprint density at radius 1 is 1.42 bits per heavy atom. The van der Waals surface area contributed by atoms with Gasteiger partial charge in [-0.25, -0.2) is 8.42 Å². The van der Waals surface area contributed by atoms with Crippen LogP contribution in [0.15, 0.2) is 23.1 Å². The van der Waals surface area contributed by atoms with E-state index in [9.17, 15) is 13.2 Å². The van der Waals surface area contributed by atoms with Crippen LogP contribution in [-0.4, -0.2) is 46.5 Å². The lowest BCUT2D eigenvalue weighted by Gasteiger charge is -2.23. The van der Waals surface area contributed by atoms with Crippen molar-refractivity contribution in [2.45, 2.75) is 43.5 Å². The standard InChI is InChI=1S/C15H20N4O3S2/c1-2-3-9-16-15(20)12-7-5-10-19(12)24(21,22)13-8-4-6-11-14(13)18-23-17-11/h4,6,8,12H,2-3,5,7,9-10H2,1H3,(H,16,20)/t12-/m0/s1. The second-order valence-corrected chi connectivity index (χ2v) is 8.19. The van der Waals surface area contributed by atoms with Crippen molar-refractivity contribution in [1.29, 1.82) is 0 Å². The van der Waals surface area contributed by atoms with Crippen LogP contribution in [0.2, 0.25) is 0 Å². The van der Waals surface area contributed by atoms with Crippen LogP contribution in [0.25, 0.3) is 11.0 Å². The molecule has 2 heterocycles. The summed E-state index contributed by atoms with van der Waals surface area (Å²) >= 11 is 0.984. The molecular formula is C15H20N4O3S2. The topological polar surface area (TPSA) is 92.3 Å². The first-order chi connectivity index (χ1) is 11.6. The Morgan fingerprint density at radius 2 is 2.25 bits per heavy atom. The van der Waals surface area contributed by atoms with E-state index in [2.05, 4.69) is 14.1 Å². The minimum atomic E-state index is -3.78. The molecular weight excluding hydrogens is 348 g/mol. The average Bonchev–Trinajstić information content (AvgIpc) is 3.23. The number of nitrogens with one attached hydrogen (secondary N) is 1. The van der Waals surface area contributed by atoms with Crippen molar-refractivity contribution in [2.75, 3.05) is 13.1 Å². The molecule has 3 rings (SSSR count). The lowest BCUT2D eigenvalue weighted by molar-refractivity contribution is -0.124. The Morgan fingerprint density at radius 3 is 3.04 bits per heavy atom. The number of aromatic nitrogens is 2. The predicted molar refractivity (Wildman–Crippen MR) is 92.2 cm³/mol. The Balaban J connectivity index is 1.88. The van der Waals surface area contributed by atoms with E-state index in [4.69, 9.17) is 0 Å². The molecule has 0 unspecified atom stereocenters. The highest BCUT2D eigenvalue weighted by atomic mass is 32.2. The average molecular weight is 368 g/mol. The van der Waals surface area contributed by atoms with Gasteiger partial charge in [-0.2, -0.15) is 13.1 Å². The smallest absolute Gasteiger partial charge is 0.246 e. The number of amides is 1. The SMILES string of the molecule is CCCCNC(=O)[C@@H]1CCCN1S(=O)(=O)c1cccc2nsnc12. The van der Waals surface area contributed by atoms with Crippen molar-refractivity contribution in [3.05, 3.63) is 18.2 Å². The Hall–Kier alpha value is -1.58. The van der Waals surface area contributed by atoms with Crippen LogP contribution >= 0.6 is 11.7 Å². The molecule has 0 spiro atoms. The number of hydrogen-bond donors (Lipinski definition) is 1. The van der Waals surface area contributed by atoms with E-state index < -0.39 is 16.1 Å². The van der Waals surface area contributed by atoms with Crippen molar-refractivity contribution >= 4 is 38.7 Å². The Labute approximate surface area is 145 Å². The third kappa shape index (κ3) is 3.15. The zero-order valence-corrected chi connectivity index (χ0v) is 15.1. The van der Waals surface area contributed by atoms with E-state index >= 15 is 0 Å². The van der Waals surface area contributed by atoms with Crippen molar-refractivity contribution in [2.24, 2.45) is 0 Å². The first kappa shape index (κ1) is 17.2.